The van der Waals surface area contributed by atoms with Crippen molar-refractivity contribution in [2.45, 2.75) is 45.8 Å². The minimum Gasteiger partial charge on any atom is -0.444 e. The van der Waals surface area contributed by atoms with Crippen LogP contribution in [-0.4, -0.2) is 50.9 Å². The third-order valence-electron chi connectivity index (χ3n) is 3.43. The number of unbranched alkanes of at least 4 members (excludes halogenated alkanes) is 1. The smallest absolute Gasteiger partial charge is 0.407 e. The van der Waals surface area contributed by atoms with E-state index in [1.165, 1.54) is 5.56 Å². The van der Waals surface area contributed by atoms with E-state index in [2.05, 4.69) is 33.1 Å². The Morgan fingerprint density at radius 2 is 1.64 bits per heavy atom. The first-order chi connectivity index (χ1) is 12.9. The molecule has 0 aliphatic rings. The van der Waals surface area contributed by atoms with Crippen LogP contribution in [-0.2, 0) is 16.1 Å². The van der Waals surface area contributed by atoms with Gasteiger partial charge in [-0.3, -0.25) is 4.99 Å². The molecule has 0 fully saturated rings. The van der Waals surface area contributed by atoms with E-state index in [1.807, 2.05) is 39.0 Å². The highest BCUT2D eigenvalue weighted by atomic mass is 127. The Morgan fingerprint density at radius 1 is 1.00 bits per heavy atom. The zero-order valence-electron chi connectivity index (χ0n) is 17.4. The molecule has 0 spiro atoms. The fourth-order valence-corrected chi connectivity index (χ4v) is 2.18. The molecule has 160 valence electrons. The first-order valence-electron chi connectivity index (χ1n) is 9.44. The van der Waals surface area contributed by atoms with Crippen molar-refractivity contribution in [3.05, 3.63) is 35.9 Å². The second kappa shape index (κ2) is 15.4. The lowest BCUT2D eigenvalue weighted by Gasteiger charge is -2.19. The summed E-state index contributed by atoms with van der Waals surface area (Å²) in [5, 5.41) is 9.09. The van der Waals surface area contributed by atoms with E-state index in [0.29, 0.717) is 25.7 Å². The number of halogens is 1. The Balaban J connectivity index is 0.00000729. The van der Waals surface area contributed by atoms with Crippen molar-refractivity contribution >= 4 is 36.0 Å². The second-order valence-electron chi connectivity index (χ2n) is 7.10. The largest absolute Gasteiger partial charge is 0.444 e. The molecule has 7 nitrogen and oxygen atoms in total. The fraction of sp³-hybridized carbons (Fsp3) is 0.600. The number of hydrogen-bond donors (Lipinski definition) is 3. The molecule has 0 aromatic heterocycles. The Morgan fingerprint density at radius 3 is 2.29 bits per heavy atom. The minimum atomic E-state index is -0.486. The minimum absolute atomic E-state index is 0. The molecule has 0 unspecified atom stereocenters. The third-order valence-corrected chi connectivity index (χ3v) is 3.43. The summed E-state index contributed by atoms with van der Waals surface area (Å²) in [5.74, 6) is 0.714. The molecule has 1 rings (SSSR count). The summed E-state index contributed by atoms with van der Waals surface area (Å²) in [5.41, 5.74) is 0.708. The normalized spacial score (nSPS) is 11.4. The molecule has 0 saturated heterocycles. The predicted octanol–water partition coefficient (Wildman–Crippen LogP) is 3.29. The molecule has 1 aromatic carbocycles. The van der Waals surface area contributed by atoms with Gasteiger partial charge in [-0.2, -0.15) is 0 Å². The number of amides is 1. The first-order valence-corrected chi connectivity index (χ1v) is 9.44. The Labute approximate surface area is 186 Å². The van der Waals surface area contributed by atoms with Crippen molar-refractivity contribution in [1.82, 2.24) is 16.0 Å². The molecule has 0 saturated carbocycles. The van der Waals surface area contributed by atoms with Gasteiger partial charge in [-0.25, -0.2) is 4.79 Å². The predicted molar refractivity (Wildman–Crippen MR) is 124 cm³/mol. The summed E-state index contributed by atoms with van der Waals surface area (Å²) in [6.07, 6.45) is 1.56. The van der Waals surface area contributed by atoms with E-state index in [4.69, 9.17) is 9.47 Å². The summed E-state index contributed by atoms with van der Waals surface area (Å²) < 4.78 is 10.8. The van der Waals surface area contributed by atoms with E-state index in [0.717, 1.165) is 26.0 Å². The Bertz CT molecular complexity index is 562. The molecule has 0 aliphatic carbocycles. The van der Waals surface area contributed by atoms with Crippen LogP contribution in [0.1, 0.15) is 39.2 Å². The van der Waals surface area contributed by atoms with Crippen LogP contribution in [0.5, 0.6) is 0 Å². The average Bonchev–Trinajstić information content (AvgIpc) is 2.62. The van der Waals surface area contributed by atoms with E-state index in [1.54, 1.807) is 7.05 Å². The highest BCUT2D eigenvalue weighted by Crippen LogP contribution is 2.06. The molecule has 0 radical (unpaired) electrons. The van der Waals surface area contributed by atoms with Gasteiger partial charge in [-0.15, -0.1) is 24.0 Å². The van der Waals surface area contributed by atoms with Gasteiger partial charge in [0.1, 0.15) is 5.60 Å². The molecule has 0 atom stereocenters. The van der Waals surface area contributed by atoms with Gasteiger partial charge in [0.05, 0.1) is 6.61 Å². The Kier molecular flexibility index (Phi) is 14.5. The topological polar surface area (TPSA) is 84.0 Å². The van der Waals surface area contributed by atoms with Crippen molar-refractivity contribution in [3.8, 4) is 0 Å². The van der Waals surface area contributed by atoms with Crippen LogP contribution in [0, 0.1) is 0 Å². The summed E-state index contributed by atoms with van der Waals surface area (Å²) >= 11 is 0. The number of alkyl carbamates (subject to hydrolysis) is 1. The van der Waals surface area contributed by atoms with Crippen LogP contribution in [0.25, 0.3) is 0 Å². The van der Waals surface area contributed by atoms with Gasteiger partial charge < -0.3 is 25.4 Å². The summed E-state index contributed by atoms with van der Waals surface area (Å²) in [6, 6.07) is 10.2. The van der Waals surface area contributed by atoms with E-state index < -0.39 is 11.7 Å². The number of carbonyl (C=O) groups is 1. The summed E-state index contributed by atoms with van der Waals surface area (Å²) in [4.78, 5) is 15.7. The summed E-state index contributed by atoms with van der Waals surface area (Å²) in [7, 11) is 1.72. The van der Waals surface area contributed by atoms with Crippen molar-refractivity contribution in [1.29, 1.82) is 0 Å². The van der Waals surface area contributed by atoms with Crippen LogP contribution in [0.4, 0.5) is 4.79 Å². The molecule has 0 bridgehead atoms. The van der Waals surface area contributed by atoms with Gasteiger partial charge in [-0.1, -0.05) is 30.3 Å². The lowest BCUT2D eigenvalue weighted by Crippen LogP contribution is -2.42. The molecule has 8 heteroatoms. The van der Waals surface area contributed by atoms with Crippen molar-refractivity contribution < 1.29 is 14.3 Å². The molecule has 0 aliphatic heterocycles. The van der Waals surface area contributed by atoms with Gasteiger partial charge in [0.2, 0.25) is 0 Å². The monoisotopic (exact) mass is 506 g/mol. The second-order valence-corrected chi connectivity index (χ2v) is 7.10. The van der Waals surface area contributed by atoms with Crippen LogP contribution in [0.2, 0.25) is 0 Å². The Hall–Kier alpha value is -1.55. The van der Waals surface area contributed by atoms with E-state index in [9.17, 15) is 4.79 Å². The van der Waals surface area contributed by atoms with Gasteiger partial charge >= 0.3 is 6.09 Å². The standard InChI is InChI=1S/C20H34N4O3.HI/c1-20(2,3)27-19(25)24-14-13-23-18(21-4)22-12-8-9-15-26-16-17-10-6-5-7-11-17;/h5-7,10-11H,8-9,12-16H2,1-4H3,(H,24,25)(H2,21,22,23);1H. The van der Waals surface area contributed by atoms with Gasteiger partial charge in [0.25, 0.3) is 0 Å². The maximum absolute atomic E-state index is 11.5. The molecule has 1 aromatic rings. The van der Waals surface area contributed by atoms with Crippen LogP contribution < -0.4 is 16.0 Å². The SMILES string of the molecule is CN=C(NCCCCOCc1ccccc1)NCCNC(=O)OC(C)(C)C.I. The number of ether oxygens (including phenoxy) is 2. The van der Waals surface area contributed by atoms with Gasteiger partial charge in [0.15, 0.2) is 5.96 Å². The molecule has 3 N–H and O–H groups in total. The number of rotatable bonds is 10. The van der Waals surface area contributed by atoms with Crippen LogP contribution in [0.15, 0.2) is 35.3 Å². The fourth-order valence-electron chi connectivity index (χ4n) is 2.18. The molecule has 1 amide bonds. The highest BCUT2D eigenvalue weighted by Gasteiger charge is 2.15. The quantitative estimate of drug-likeness (QED) is 0.196. The number of carbonyl (C=O) groups excluding carboxylic acids is 1. The first kappa shape index (κ1) is 26.4. The number of aliphatic imine (C=N–C) groups is 1. The van der Waals surface area contributed by atoms with Crippen molar-refractivity contribution in [3.63, 3.8) is 0 Å². The average molecular weight is 506 g/mol. The number of nitrogens with one attached hydrogen (secondary N) is 3. The van der Waals surface area contributed by atoms with Gasteiger partial charge in [0, 0.05) is 33.3 Å². The van der Waals surface area contributed by atoms with Crippen LogP contribution >= 0.6 is 24.0 Å². The van der Waals surface area contributed by atoms with E-state index >= 15 is 0 Å². The number of hydrogen-bond acceptors (Lipinski definition) is 4. The third kappa shape index (κ3) is 14.5. The maximum Gasteiger partial charge on any atom is 0.407 e. The lowest BCUT2D eigenvalue weighted by molar-refractivity contribution is 0.0529. The van der Waals surface area contributed by atoms with Crippen LogP contribution in [0.3, 0.4) is 0 Å². The molecular formula is C20H35IN4O3. The number of guanidine groups is 1. The molecule has 28 heavy (non-hydrogen) atoms. The van der Waals surface area contributed by atoms with E-state index in [-0.39, 0.29) is 24.0 Å². The van der Waals surface area contributed by atoms with Crippen molar-refractivity contribution in [2.24, 2.45) is 4.99 Å². The molecule has 0 heterocycles. The summed E-state index contributed by atoms with van der Waals surface area (Å²) in [6.45, 7) is 8.75. The lowest BCUT2D eigenvalue weighted by atomic mass is 10.2. The molecular weight excluding hydrogens is 471 g/mol. The highest BCUT2D eigenvalue weighted by molar-refractivity contribution is 14.0. The van der Waals surface area contributed by atoms with Crippen molar-refractivity contribution in [2.75, 3.05) is 33.3 Å². The van der Waals surface area contributed by atoms with Gasteiger partial charge in [-0.05, 0) is 39.2 Å². The zero-order chi connectivity index (χ0) is 20.0. The number of benzene rings is 1. The number of nitrogens with zero attached hydrogens (tertiary/aromatic N) is 1. The maximum atomic E-state index is 11.5. The zero-order valence-corrected chi connectivity index (χ0v) is 19.7.